The van der Waals surface area contributed by atoms with Gasteiger partial charge in [0.25, 0.3) is 0 Å². The van der Waals surface area contributed by atoms with Crippen molar-refractivity contribution in [3.05, 3.63) is 0 Å². The summed E-state index contributed by atoms with van der Waals surface area (Å²) in [4.78, 5) is 0. The van der Waals surface area contributed by atoms with Gasteiger partial charge in [0.1, 0.15) is 0 Å². The molecular weight excluding hydrogens is 242 g/mol. The molecule has 0 aromatic carbocycles. The summed E-state index contributed by atoms with van der Waals surface area (Å²) >= 11 is 0. The Labute approximate surface area is 68.6 Å². The SMILES string of the molecule is [Ag].[Ga].[S].[S]. The molecular formula is AgGaS2. The predicted octanol–water partition coefficient (Wildman–Crippen LogP) is 0.913. The molecule has 0 bridgehead atoms. The van der Waals surface area contributed by atoms with Crippen LogP contribution in [0.5, 0.6) is 0 Å². The molecule has 0 nitrogen and oxygen atoms in total. The van der Waals surface area contributed by atoms with Crippen molar-refractivity contribution in [1.82, 2.24) is 0 Å². The van der Waals surface area contributed by atoms with Crippen molar-refractivity contribution in [3.8, 4) is 0 Å². The van der Waals surface area contributed by atoms with Gasteiger partial charge in [-0.25, -0.2) is 0 Å². The quantitative estimate of drug-likeness (QED) is 0.553. The Morgan fingerprint density at radius 1 is 0.750 bits per heavy atom. The average Bonchev–Trinajstić information content (AvgIpc) is 0. The maximum Gasteiger partial charge on any atom is 0 e. The third kappa shape index (κ3) is 8.95. The molecule has 0 aliphatic carbocycles. The summed E-state index contributed by atoms with van der Waals surface area (Å²) in [6.07, 6.45) is 0. The topological polar surface area (TPSA) is 0 Å². The normalized spacial score (nSPS) is 0. The molecule has 0 amide bonds. The van der Waals surface area contributed by atoms with Crippen LogP contribution in [0, 0.1) is 0 Å². The predicted molar refractivity (Wildman–Crippen MR) is 20.9 cm³/mol. The minimum atomic E-state index is 0. The molecule has 8 radical (unpaired) electrons. The first-order valence-corrected chi connectivity index (χ1v) is 0. The molecule has 0 fully saturated rings. The van der Waals surface area contributed by atoms with Gasteiger partial charge in [-0.05, 0) is 0 Å². The van der Waals surface area contributed by atoms with Gasteiger partial charge in [-0.1, -0.05) is 0 Å². The molecule has 0 unspecified atom stereocenters. The Hall–Kier alpha value is 2.08. The zero-order chi connectivity index (χ0) is 0. The van der Waals surface area contributed by atoms with Crippen LogP contribution in [-0.4, -0.2) is 19.8 Å². The zero-order valence-corrected chi connectivity index (χ0v) is 7.23. The second kappa shape index (κ2) is 19.6. The molecule has 0 atom stereocenters. The number of hydrogen-bond acceptors (Lipinski definition) is 0. The minimum absolute atomic E-state index is 0. The zero-order valence-electron chi connectivity index (χ0n) is 1.70. The van der Waals surface area contributed by atoms with E-state index in [1.165, 1.54) is 0 Å². The Morgan fingerprint density at radius 2 is 0.750 bits per heavy atom. The van der Waals surface area contributed by atoms with E-state index in [0.29, 0.717) is 0 Å². The molecule has 0 heterocycles. The molecule has 0 aromatic heterocycles. The van der Waals surface area contributed by atoms with E-state index in [-0.39, 0.29) is 69.2 Å². The van der Waals surface area contributed by atoms with Crippen molar-refractivity contribution in [1.29, 1.82) is 0 Å². The minimum Gasteiger partial charge on any atom is 0 e. The summed E-state index contributed by atoms with van der Waals surface area (Å²) < 4.78 is 0. The van der Waals surface area contributed by atoms with E-state index in [4.69, 9.17) is 0 Å². The van der Waals surface area contributed by atoms with E-state index in [2.05, 4.69) is 0 Å². The summed E-state index contributed by atoms with van der Waals surface area (Å²) in [5.74, 6) is 0. The van der Waals surface area contributed by atoms with Crippen molar-refractivity contribution >= 4 is 46.8 Å². The van der Waals surface area contributed by atoms with E-state index < -0.39 is 0 Å². The first-order chi connectivity index (χ1) is 0. The summed E-state index contributed by atoms with van der Waals surface area (Å²) in [5.41, 5.74) is 0. The van der Waals surface area contributed by atoms with Gasteiger partial charge in [0.15, 0.2) is 0 Å². The molecule has 0 aliphatic rings. The summed E-state index contributed by atoms with van der Waals surface area (Å²) in [5, 5.41) is 0. The van der Waals surface area contributed by atoms with Crippen LogP contribution >= 0.6 is 27.0 Å². The number of hydrogen-bond donors (Lipinski definition) is 0. The van der Waals surface area contributed by atoms with E-state index in [1.807, 2.05) is 0 Å². The summed E-state index contributed by atoms with van der Waals surface area (Å²) in [7, 11) is 0. The molecule has 26 valence electrons. The van der Waals surface area contributed by atoms with Gasteiger partial charge in [-0.3, -0.25) is 0 Å². The van der Waals surface area contributed by atoms with Crippen molar-refractivity contribution in [3.63, 3.8) is 0 Å². The van der Waals surface area contributed by atoms with E-state index in [9.17, 15) is 0 Å². The standard InChI is InChI=1S/Ag.Ga.2S. The van der Waals surface area contributed by atoms with Crippen LogP contribution in [0.25, 0.3) is 0 Å². The largest absolute Gasteiger partial charge is 0 e. The van der Waals surface area contributed by atoms with Crippen LogP contribution in [0.4, 0.5) is 0 Å². The summed E-state index contributed by atoms with van der Waals surface area (Å²) in [6.45, 7) is 0. The molecule has 0 spiro atoms. The molecule has 0 saturated carbocycles. The molecule has 0 rings (SSSR count). The fourth-order valence-corrected chi connectivity index (χ4v) is 0. The first kappa shape index (κ1) is 36.3. The fourth-order valence-electron chi connectivity index (χ4n) is 0. The van der Waals surface area contributed by atoms with Crippen LogP contribution in [0.2, 0.25) is 0 Å². The summed E-state index contributed by atoms with van der Waals surface area (Å²) in [6, 6.07) is 0. The monoisotopic (exact) mass is 240 g/mol. The second-order valence-corrected chi connectivity index (χ2v) is 0. The molecule has 0 aromatic rings. The van der Waals surface area contributed by atoms with Gasteiger partial charge in [-0.15, -0.1) is 0 Å². The van der Waals surface area contributed by atoms with Crippen molar-refractivity contribution in [2.45, 2.75) is 0 Å². The van der Waals surface area contributed by atoms with Crippen LogP contribution in [0.15, 0.2) is 0 Å². The van der Waals surface area contributed by atoms with Crippen molar-refractivity contribution < 1.29 is 22.4 Å². The average molecular weight is 242 g/mol. The number of rotatable bonds is 0. The van der Waals surface area contributed by atoms with Crippen molar-refractivity contribution in [2.24, 2.45) is 0 Å². The fraction of sp³-hybridized carbons (Fsp3) is 0. The van der Waals surface area contributed by atoms with Crippen LogP contribution in [0.1, 0.15) is 0 Å². The molecule has 0 aliphatic heterocycles. The van der Waals surface area contributed by atoms with Crippen LogP contribution in [-0.2, 0) is 22.4 Å². The van der Waals surface area contributed by atoms with Crippen LogP contribution < -0.4 is 0 Å². The van der Waals surface area contributed by atoms with Gasteiger partial charge >= 0.3 is 0 Å². The molecule has 4 heavy (non-hydrogen) atoms. The Balaban J connectivity index is 0. The maximum absolute atomic E-state index is 0. The Morgan fingerprint density at radius 3 is 0.750 bits per heavy atom. The van der Waals surface area contributed by atoms with Gasteiger partial charge < -0.3 is 0 Å². The maximum atomic E-state index is 0. The van der Waals surface area contributed by atoms with Gasteiger partial charge in [0.2, 0.25) is 0 Å². The second-order valence-electron chi connectivity index (χ2n) is 0. The van der Waals surface area contributed by atoms with Crippen LogP contribution in [0.3, 0.4) is 0 Å². The van der Waals surface area contributed by atoms with Crippen molar-refractivity contribution in [2.75, 3.05) is 0 Å². The third-order valence-corrected chi connectivity index (χ3v) is 0. The Bertz CT molecular complexity index is 6.00. The molecule has 0 saturated heterocycles. The van der Waals surface area contributed by atoms with Gasteiger partial charge in [0.05, 0.1) is 0 Å². The molecule has 4 heteroatoms. The van der Waals surface area contributed by atoms with Gasteiger partial charge in [-0.2, -0.15) is 0 Å². The van der Waals surface area contributed by atoms with E-state index in [1.54, 1.807) is 0 Å². The molecule has 0 N–H and O–H groups in total. The third-order valence-electron chi connectivity index (χ3n) is 0. The van der Waals surface area contributed by atoms with E-state index in [0.717, 1.165) is 0 Å². The Kier molecular flexibility index (Phi) is 178. The smallest absolute Gasteiger partial charge is 0 e. The first-order valence-electron chi connectivity index (χ1n) is 0. The van der Waals surface area contributed by atoms with Gasteiger partial charge in [0, 0.05) is 69.2 Å². The van der Waals surface area contributed by atoms with E-state index >= 15 is 0 Å².